The lowest BCUT2D eigenvalue weighted by Gasteiger charge is -2.26. The number of aliphatic imine (C=N–C) groups is 1. The molecule has 2 rings (SSSR count). The van der Waals surface area contributed by atoms with Gasteiger partial charge in [0.25, 0.3) is 0 Å². The Kier molecular flexibility index (Phi) is 6.42. The number of carbonyl (C=O) groups is 1. The van der Waals surface area contributed by atoms with Crippen molar-refractivity contribution < 1.29 is 18.0 Å². The molecule has 1 aliphatic heterocycles. The van der Waals surface area contributed by atoms with E-state index in [4.69, 9.17) is 12.2 Å². The first-order chi connectivity index (χ1) is 12.0. The number of likely N-dealkylation sites (tertiary alicyclic amines) is 1. The number of benzene rings is 1. The van der Waals surface area contributed by atoms with E-state index in [1.54, 1.807) is 9.80 Å². The van der Waals surface area contributed by atoms with Gasteiger partial charge in [-0.25, -0.2) is 13.2 Å². The maximum absolute atomic E-state index is 13.4. The maximum atomic E-state index is 13.4. The minimum Gasteiger partial charge on any atom is -0.344 e. The Balaban J connectivity index is 2.07. The lowest BCUT2D eigenvalue weighted by molar-refractivity contribution is -0.128. The van der Waals surface area contributed by atoms with Crippen molar-refractivity contribution in [3.8, 4) is 12.3 Å². The summed E-state index contributed by atoms with van der Waals surface area (Å²) in [5, 5.41) is 0. The van der Waals surface area contributed by atoms with Crippen molar-refractivity contribution in [2.75, 3.05) is 32.8 Å². The summed E-state index contributed by atoms with van der Waals surface area (Å²) < 4.78 is 39.9. The molecule has 1 saturated heterocycles. The number of hydrogen-bond acceptors (Lipinski definition) is 3. The Hall–Kier alpha value is -2.53. The summed E-state index contributed by atoms with van der Waals surface area (Å²) in [6, 6.07) is 1.87. The summed E-state index contributed by atoms with van der Waals surface area (Å²) in [5.74, 6) is -2.22. The Morgan fingerprint density at radius 1 is 1.40 bits per heavy atom. The molecule has 1 aromatic carbocycles. The van der Waals surface area contributed by atoms with Gasteiger partial charge in [0.05, 0.1) is 13.0 Å². The van der Waals surface area contributed by atoms with Crippen LogP contribution in [0.15, 0.2) is 17.1 Å². The second kappa shape index (κ2) is 8.53. The Morgan fingerprint density at radius 2 is 2.08 bits per heavy atom. The van der Waals surface area contributed by atoms with Gasteiger partial charge in [0.15, 0.2) is 17.5 Å². The van der Waals surface area contributed by atoms with E-state index in [0.29, 0.717) is 13.1 Å². The van der Waals surface area contributed by atoms with Crippen LogP contribution in [0.5, 0.6) is 0 Å². The van der Waals surface area contributed by atoms with Crippen LogP contribution in [-0.4, -0.2) is 54.9 Å². The zero-order valence-corrected chi connectivity index (χ0v) is 13.6. The van der Waals surface area contributed by atoms with E-state index in [-0.39, 0.29) is 37.6 Å². The van der Waals surface area contributed by atoms with Gasteiger partial charge in [0, 0.05) is 32.0 Å². The highest BCUT2D eigenvalue weighted by molar-refractivity contribution is 5.80. The minimum absolute atomic E-state index is 0.0997. The zero-order valence-electron chi connectivity index (χ0n) is 13.6. The third-order valence-corrected chi connectivity index (χ3v) is 3.89. The standard InChI is InChI=1S/C17H19F3N4O/c1-2-4-22-10-23(5-3-21)11-24-9-13(8-16(24)25)12-6-14(18)17(20)15(19)7-12/h1,6-7,10,13H,3-5,8-9,11,21H2. The largest absolute Gasteiger partial charge is 0.344 e. The number of terminal acetylenes is 1. The van der Waals surface area contributed by atoms with Crippen molar-refractivity contribution in [1.82, 2.24) is 9.80 Å². The molecule has 1 atom stereocenters. The molecule has 1 aliphatic rings. The average Bonchev–Trinajstić information content (AvgIpc) is 2.93. The molecular weight excluding hydrogens is 333 g/mol. The molecule has 0 radical (unpaired) electrons. The van der Waals surface area contributed by atoms with E-state index in [0.717, 1.165) is 12.1 Å². The second-order valence-corrected chi connectivity index (χ2v) is 5.72. The number of hydrogen-bond donors (Lipinski definition) is 1. The van der Waals surface area contributed by atoms with Crippen molar-refractivity contribution >= 4 is 12.2 Å². The lowest BCUT2D eigenvalue weighted by atomic mass is 9.98. The van der Waals surface area contributed by atoms with Crippen LogP contribution in [-0.2, 0) is 4.79 Å². The molecule has 25 heavy (non-hydrogen) atoms. The van der Waals surface area contributed by atoms with Gasteiger partial charge in [-0.1, -0.05) is 5.92 Å². The minimum atomic E-state index is -1.51. The van der Waals surface area contributed by atoms with Crippen molar-refractivity contribution in [3.63, 3.8) is 0 Å². The molecule has 1 unspecified atom stereocenters. The summed E-state index contributed by atoms with van der Waals surface area (Å²) in [6.45, 7) is 1.57. The summed E-state index contributed by atoms with van der Waals surface area (Å²) in [5.41, 5.74) is 5.81. The van der Waals surface area contributed by atoms with Crippen LogP contribution in [0, 0.1) is 29.8 Å². The van der Waals surface area contributed by atoms with Gasteiger partial charge in [-0.05, 0) is 17.7 Å². The molecule has 0 aromatic heterocycles. The molecule has 1 aromatic rings. The molecule has 134 valence electrons. The highest BCUT2D eigenvalue weighted by Crippen LogP contribution is 2.30. The van der Waals surface area contributed by atoms with E-state index < -0.39 is 23.4 Å². The molecular formula is C17H19F3N4O. The number of halogens is 3. The van der Waals surface area contributed by atoms with Gasteiger partial charge in [-0.15, -0.1) is 6.42 Å². The summed E-state index contributed by atoms with van der Waals surface area (Å²) >= 11 is 0. The van der Waals surface area contributed by atoms with Gasteiger partial charge in [-0.3, -0.25) is 9.79 Å². The molecule has 0 saturated carbocycles. The Labute approximate surface area is 144 Å². The van der Waals surface area contributed by atoms with Gasteiger partial charge >= 0.3 is 0 Å². The Bertz CT molecular complexity index is 679. The van der Waals surface area contributed by atoms with Gasteiger partial charge in [0.2, 0.25) is 5.91 Å². The van der Waals surface area contributed by atoms with Crippen molar-refractivity contribution in [2.24, 2.45) is 10.7 Å². The quantitative estimate of drug-likeness (QED) is 0.348. The molecule has 1 amide bonds. The molecule has 5 nitrogen and oxygen atoms in total. The average molecular weight is 352 g/mol. The van der Waals surface area contributed by atoms with E-state index in [1.807, 2.05) is 0 Å². The van der Waals surface area contributed by atoms with Crippen molar-refractivity contribution in [3.05, 3.63) is 35.1 Å². The maximum Gasteiger partial charge on any atom is 0.224 e. The van der Waals surface area contributed by atoms with E-state index in [9.17, 15) is 18.0 Å². The number of nitrogens with two attached hydrogens (primary N) is 1. The summed E-state index contributed by atoms with van der Waals surface area (Å²) in [6.07, 6.45) is 6.76. The van der Waals surface area contributed by atoms with Crippen LogP contribution in [0.1, 0.15) is 17.9 Å². The van der Waals surface area contributed by atoms with Crippen LogP contribution < -0.4 is 5.73 Å². The van der Waals surface area contributed by atoms with Crippen LogP contribution >= 0.6 is 0 Å². The first kappa shape index (κ1) is 18.8. The SMILES string of the molecule is C#CCN=CN(CCN)CN1CC(c2cc(F)c(F)c(F)c2)CC1=O. The molecule has 1 heterocycles. The van der Waals surface area contributed by atoms with Crippen LogP contribution in [0.25, 0.3) is 0 Å². The van der Waals surface area contributed by atoms with Crippen molar-refractivity contribution in [2.45, 2.75) is 12.3 Å². The number of amides is 1. The van der Waals surface area contributed by atoms with Crippen LogP contribution in [0.4, 0.5) is 13.2 Å². The molecule has 0 bridgehead atoms. The summed E-state index contributed by atoms with van der Waals surface area (Å²) in [4.78, 5) is 19.5. The number of nitrogens with zero attached hydrogens (tertiary/aromatic N) is 3. The summed E-state index contributed by atoms with van der Waals surface area (Å²) in [7, 11) is 0. The molecule has 1 fully saturated rings. The molecule has 2 N–H and O–H groups in total. The van der Waals surface area contributed by atoms with Gasteiger partial charge in [0.1, 0.15) is 6.54 Å². The predicted molar refractivity (Wildman–Crippen MR) is 88.2 cm³/mol. The van der Waals surface area contributed by atoms with E-state index >= 15 is 0 Å². The normalized spacial score (nSPS) is 17.3. The van der Waals surface area contributed by atoms with Gasteiger partial charge < -0.3 is 15.5 Å². The topological polar surface area (TPSA) is 61.9 Å². The smallest absolute Gasteiger partial charge is 0.224 e. The monoisotopic (exact) mass is 352 g/mol. The fourth-order valence-corrected chi connectivity index (χ4v) is 2.70. The van der Waals surface area contributed by atoms with Crippen LogP contribution in [0.2, 0.25) is 0 Å². The van der Waals surface area contributed by atoms with Gasteiger partial charge in [-0.2, -0.15) is 0 Å². The molecule has 0 aliphatic carbocycles. The van der Waals surface area contributed by atoms with Crippen LogP contribution in [0.3, 0.4) is 0 Å². The highest BCUT2D eigenvalue weighted by atomic mass is 19.2. The van der Waals surface area contributed by atoms with E-state index in [1.165, 1.54) is 6.34 Å². The second-order valence-electron chi connectivity index (χ2n) is 5.72. The number of rotatable bonds is 7. The third kappa shape index (κ3) is 4.73. The molecule has 0 spiro atoms. The number of carbonyl (C=O) groups excluding carboxylic acids is 1. The Morgan fingerprint density at radius 3 is 2.68 bits per heavy atom. The predicted octanol–water partition coefficient (Wildman–Crippen LogP) is 1.30. The zero-order chi connectivity index (χ0) is 18.4. The first-order valence-corrected chi connectivity index (χ1v) is 7.76. The molecule has 8 heteroatoms. The lowest BCUT2D eigenvalue weighted by Crippen LogP contribution is -2.40. The third-order valence-electron chi connectivity index (χ3n) is 3.89. The fourth-order valence-electron chi connectivity index (χ4n) is 2.70. The highest BCUT2D eigenvalue weighted by Gasteiger charge is 2.32. The van der Waals surface area contributed by atoms with Crippen molar-refractivity contribution in [1.29, 1.82) is 0 Å². The fraction of sp³-hybridized carbons (Fsp3) is 0.412. The van der Waals surface area contributed by atoms with E-state index in [2.05, 4.69) is 10.9 Å². The first-order valence-electron chi connectivity index (χ1n) is 7.76.